The van der Waals surface area contributed by atoms with Gasteiger partial charge in [-0.25, -0.2) is 4.79 Å². The van der Waals surface area contributed by atoms with E-state index >= 15 is 0 Å². The van der Waals surface area contributed by atoms with Crippen LogP contribution < -0.4 is 15.4 Å². The summed E-state index contributed by atoms with van der Waals surface area (Å²) in [5, 5.41) is 5.60. The second-order valence-corrected chi connectivity index (χ2v) is 5.39. The Hall–Kier alpha value is -2.14. The number of hydrogen-bond acceptors (Lipinski definition) is 3. The van der Waals surface area contributed by atoms with Crippen molar-refractivity contribution in [1.82, 2.24) is 0 Å². The summed E-state index contributed by atoms with van der Waals surface area (Å²) in [6, 6.07) is 13.0. The lowest BCUT2D eigenvalue weighted by atomic mass is 10.2. The van der Waals surface area contributed by atoms with Gasteiger partial charge in [-0.15, -0.1) is 11.8 Å². The normalized spacial score (nSPS) is 10.0. The number of ether oxygens (including phenoxy) is 1. The molecule has 0 aliphatic rings. The van der Waals surface area contributed by atoms with E-state index in [-0.39, 0.29) is 6.03 Å². The number of thioether (sulfide) groups is 1. The van der Waals surface area contributed by atoms with E-state index in [2.05, 4.69) is 10.6 Å². The minimum Gasteiger partial charge on any atom is -0.495 e. The minimum absolute atomic E-state index is 0.296. The zero-order valence-electron chi connectivity index (χ0n) is 12.3. The van der Waals surface area contributed by atoms with Crippen LogP contribution in [0.1, 0.15) is 5.56 Å². The predicted octanol–water partition coefficient (Wildman–Crippen LogP) is 4.37. The van der Waals surface area contributed by atoms with Crippen LogP contribution >= 0.6 is 11.8 Å². The molecule has 0 aliphatic heterocycles. The number of aryl methyl sites for hydroxylation is 1. The summed E-state index contributed by atoms with van der Waals surface area (Å²) in [7, 11) is 1.58. The average molecular weight is 302 g/mol. The van der Waals surface area contributed by atoms with Crippen molar-refractivity contribution in [2.45, 2.75) is 11.8 Å². The Balaban J connectivity index is 2.05. The number of rotatable bonds is 4. The van der Waals surface area contributed by atoms with Crippen LogP contribution in [0, 0.1) is 6.92 Å². The highest BCUT2D eigenvalue weighted by atomic mass is 32.2. The third-order valence-corrected chi connectivity index (χ3v) is 3.69. The zero-order valence-corrected chi connectivity index (χ0v) is 13.1. The largest absolute Gasteiger partial charge is 0.495 e. The molecular weight excluding hydrogens is 284 g/mol. The lowest BCUT2D eigenvalue weighted by Crippen LogP contribution is -2.19. The first-order chi connectivity index (χ1) is 10.1. The smallest absolute Gasteiger partial charge is 0.323 e. The maximum atomic E-state index is 12.0. The van der Waals surface area contributed by atoms with E-state index in [1.807, 2.05) is 55.6 Å². The van der Waals surface area contributed by atoms with Crippen LogP contribution in [0.5, 0.6) is 5.75 Å². The average Bonchev–Trinajstić information content (AvgIpc) is 2.48. The molecule has 110 valence electrons. The number of hydrogen-bond donors (Lipinski definition) is 2. The zero-order chi connectivity index (χ0) is 15.2. The molecule has 0 unspecified atom stereocenters. The van der Waals surface area contributed by atoms with Gasteiger partial charge in [0.1, 0.15) is 5.75 Å². The molecule has 0 aromatic heterocycles. The first-order valence-electron chi connectivity index (χ1n) is 6.49. The van der Waals surface area contributed by atoms with E-state index in [1.54, 1.807) is 18.9 Å². The third-order valence-electron chi connectivity index (χ3n) is 2.95. The number of urea groups is 1. The Morgan fingerprint density at radius 3 is 2.43 bits per heavy atom. The lowest BCUT2D eigenvalue weighted by molar-refractivity contribution is 0.262. The molecule has 4 nitrogen and oxygen atoms in total. The van der Waals surface area contributed by atoms with E-state index in [4.69, 9.17) is 4.74 Å². The highest BCUT2D eigenvalue weighted by Gasteiger charge is 2.08. The number of methoxy groups -OCH3 is 1. The van der Waals surface area contributed by atoms with Crippen molar-refractivity contribution in [2.24, 2.45) is 0 Å². The maximum absolute atomic E-state index is 12.0. The van der Waals surface area contributed by atoms with Gasteiger partial charge >= 0.3 is 6.03 Å². The monoisotopic (exact) mass is 302 g/mol. The van der Waals surface area contributed by atoms with Gasteiger partial charge in [-0.05, 0) is 55.1 Å². The fraction of sp³-hybridized carbons (Fsp3) is 0.188. The number of benzene rings is 2. The summed E-state index contributed by atoms with van der Waals surface area (Å²) in [5.74, 6) is 0.633. The Labute approximate surface area is 128 Å². The van der Waals surface area contributed by atoms with Crippen LogP contribution in [-0.4, -0.2) is 19.4 Å². The quantitative estimate of drug-likeness (QED) is 0.825. The lowest BCUT2D eigenvalue weighted by Gasteiger charge is -2.12. The maximum Gasteiger partial charge on any atom is 0.323 e. The molecule has 0 fully saturated rings. The van der Waals surface area contributed by atoms with E-state index in [0.717, 1.165) is 16.1 Å². The van der Waals surface area contributed by atoms with Gasteiger partial charge in [-0.3, -0.25) is 0 Å². The molecule has 0 aliphatic carbocycles. The van der Waals surface area contributed by atoms with Crippen LogP contribution in [0.15, 0.2) is 47.4 Å². The van der Waals surface area contributed by atoms with Crippen LogP contribution in [-0.2, 0) is 0 Å². The van der Waals surface area contributed by atoms with Crippen molar-refractivity contribution >= 4 is 29.2 Å². The van der Waals surface area contributed by atoms with E-state index in [9.17, 15) is 4.79 Å². The molecule has 2 N–H and O–H groups in total. The van der Waals surface area contributed by atoms with Crippen molar-refractivity contribution < 1.29 is 9.53 Å². The van der Waals surface area contributed by atoms with Crippen LogP contribution in [0.25, 0.3) is 0 Å². The first kappa shape index (κ1) is 15.3. The topological polar surface area (TPSA) is 50.4 Å². The van der Waals surface area contributed by atoms with Crippen molar-refractivity contribution in [3.8, 4) is 5.75 Å². The van der Waals surface area contributed by atoms with Crippen LogP contribution in [0.2, 0.25) is 0 Å². The summed E-state index contributed by atoms with van der Waals surface area (Å²) in [6.07, 6.45) is 2.01. The van der Waals surface area contributed by atoms with Gasteiger partial charge < -0.3 is 15.4 Å². The Bertz CT molecular complexity index is 627. The predicted molar refractivity (Wildman–Crippen MR) is 88.6 cm³/mol. The van der Waals surface area contributed by atoms with Crippen molar-refractivity contribution in [3.63, 3.8) is 0 Å². The molecule has 5 heteroatoms. The third kappa shape index (κ3) is 4.16. The molecule has 2 aromatic rings. The van der Waals surface area contributed by atoms with E-state index < -0.39 is 0 Å². The molecule has 0 atom stereocenters. The van der Waals surface area contributed by atoms with E-state index in [0.29, 0.717) is 11.4 Å². The fourth-order valence-electron chi connectivity index (χ4n) is 1.88. The second kappa shape index (κ2) is 7.04. The summed E-state index contributed by atoms with van der Waals surface area (Å²) >= 11 is 1.66. The van der Waals surface area contributed by atoms with Gasteiger partial charge in [-0.2, -0.15) is 0 Å². The summed E-state index contributed by atoms with van der Waals surface area (Å²) in [5.41, 5.74) is 2.45. The van der Waals surface area contributed by atoms with Crippen molar-refractivity contribution in [1.29, 1.82) is 0 Å². The van der Waals surface area contributed by atoms with Crippen LogP contribution in [0.4, 0.5) is 16.2 Å². The molecule has 2 rings (SSSR count). The number of nitrogens with one attached hydrogen (secondary N) is 2. The van der Waals surface area contributed by atoms with Crippen molar-refractivity contribution in [2.75, 3.05) is 24.0 Å². The Morgan fingerprint density at radius 1 is 1.10 bits per heavy atom. The summed E-state index contributed by atoms with van der Waals surface area (Å²) in [4.78, 5) is 13.2. The number of carbonyl (C=O) groups excluding carboxylic acids is 1. The molecule has 0 saturated heterocycles. The first-order valence-corrected chi connectivity index (χ1v) is 7.71. The Kier molecular flexibility index (Phi) is 5.11. The molecule has 0 saturated carbocycles. The highest BCUT2D eigenvalue weighted by Crippen LogP contribution is 2.25. The summed E-state index contributed by atoms with van der Waals surface area (Å²) in [6.45, 7) is 1.96. The van der Waals surface area contributed by atoms with Gasteiger partial charge in [0.25, 0.3) is 0 Å². The van der Waals surface area contributed by atoms with Crippen LogP contribution in [0.3, 0.4) is 0 Å². The molecule has 21 heavy (non-hydrogen) atoms. The number of carbonyl (C=O) groups is 1. The SMILES string of the molecule is COc1ccc(C)cc1NC(=O)Nc1ccc(SC)cc1. The summed E-state index contributed by atoms with van der Waals surface area (Å²) < 4.78 is 5.24. The van der Waals surface area contributed by atoms with Gasteiger partial charge in [-0.1, -0.05) is 6.07 Å². The number of amides is 2. The fourth-order valence-corrected chi connectivity index (χ4v) is 2.29. The molecule has 2 aromatic carbocycles. The molecule has 2 amide bonds. The molecule has 0 bridgehead atoms. The number of anilines is 2. The van der Waals surface area contributed by atoms with E-state index in [1.165, 1.54) is 0 Å². The minimum atomic E-state index is -0.296. The van der Waals surface area contributed by atoms with Crippen molar-refractivity contribution in [3.05, 3.63) is 48.0 Å². The molecular formula is C16H18N2O2S. The molecule has 0 heterocycles. The van der Waals surface area contributed by atoms with Gasteiger partial charge in [0.05, 0.1) is 12.8 Å². The molecule has 0 spiro atoms. The van der Waals surface area contributed by atoms with Gasteiger partial charge in [0, 0.05) is 10.6 Å². The van der Waals surface area contributed by atoms with Gasteiger partial charge in [0.2, 0.25) is 0 Å². The van der Waals surface area contributed by atoms with Gasteiger partial charge in [0.15, 0.2) is 0 Å². The highest BCUT2D eigenvalue weighted by molar-refractivity contribution is 7.98. The Morgan fingerprint density at radius 2 is 1.81 bits per heavy atom. The molecule has 0 radical (unpaired) electrons. The second-order valence-electron chi connectivity index (χ2n) is 4.51. The standard InChI is InChI=1S/C16H18N2O2S/c1-11-4-9-15(20-2)14(10-11)18-16(19)17-12-5-7-13(21-3)8-6-12/h4-10H,1-3H3,(H2,17,18,19).